The molecule has 14 heteroatoms. The van der Waals surface area contributed by atoms with Crippen LogP contribution >= 0.6 is 0 Å². The average Bonchev–Trinajstić information content (AvgIpc) is 3.33. The number of methoxy groups -OCH3 is 1. The molecule has 1 saturated heterocycles. The normalized spacial score (nSPS) is 16.3. The van der Waals surface area contributed by atoms with Crippen LogP contribution in [0, 0.1) is 5.41 Å². The molecule has 1 fully saturated rings. The number of ether oxygens (including phenoxy) is 2. The lowest BCUT2D eigenvalue weighted by atomic mass is 9.85. The predicted octanol–water partition coefficient (Wildman–Crippen LogP) is 5.16. The Balaban J connectivity index is 1.49. The number of alkyl halides is 3. The number of carbonyl (C=O) groups excluding carboxylic acids is 4. The lowest BCUT2D eigenvalue weighted by Crippen LogP contribution is -2.57. The Morgan fingerprint density at radius 2 is 1.57 bits per heavy atom. The number of amides is 4. The Morgan fingerprint density at radius 3 is 2.19 bits per heavy atom. The van der Waals surface area contributed by atoms with E-state index < -0.39 is 53.1 Å². The van der Waals surface area contributed by atoms with Gasteiger partial charge in [-0.25, -0.2) is 4.79 Å². The summed E-state index contributed by atoms with van der Waals surface area (Å²) in [5.74, 6) is -1.52. The van der Waals surface area contributed by atoms with E-state index in [1.165, 1.54) is 36.3 Å². The van der Waals surface area contributed by atoms with E-state index in [1.807, 2.05) is 0 Å². The number of anilines is 2. The summed E-state index contributed by atoms with van der Waals surface area (Å²) in [6, 6.07) is 17.5. The van der Waals surface area contributed by atoms with Gasteiger partial charge in [0.15, 0.2) is 0 Å². The third-order valence-electron chi connectivity index (χ3n) is 7.36. The zero-order chi connectivity index (χ0) is 34.4. The van der Waals surface area contributed by atoms with Crippen LogP contribution < -0.4 is 26.2 Å². The van der Waals surface area contributed by atoms with Crippen LogP contribution in [0.1, 0.15) is 48.7 Å². The van der Waals surface area contributed by atoms with E-state index in [0.717, 1.165) is 17.7 Å². The standard InChI is InChI=1S/C33H36F3N5O6/c1-31(2,3)47-30(45)37-20-32(17-18-41(29(32)44)19-21-9-15-24(46-4)16-10-21)28(43)40-39-27(42)25-7-5-6-8-26(25)38-23-13-11-22(12-14-23)33(34,35)36/h5-16,38H,17-20H2,1-4H3,(H,37,45)(H,39,42)(H,40,43). The molecule has 1 unspecified atom stereocenters. The monoisotopic (exact) mass is 655 g/mol. The summed E-state index contributed by atoms with van der Waals surface area (Å²) in [7, 11) is 1.54. The summed E-state index contributed by atoms with van der Waals surface area (Å²) in [6.45, 7) is 5.01. The van der Waals surface area contributed by atoms with E-state index in [2.05, 4.69) is 21.5 Å². The number of para-hydroxylation sites is 1. The van der Waals surface area contributed by atoms with Crippen molar-refractivity contribution < 1.29 is 41.8 Å². The molecule has 0 aliphatic carbocycles. The first-order valence-corrected chi connectivity index (χ1v) is 14.6. The fraction of sp³-hybridized carbons (Fsp3) is 0.333. The summed E-state index contributed by atoms with van der Waals surface area (Å²) in [5, 5.41) is 5.43. The average molecular weight is 656 g/mol. The minimum Gasteiger partial charge on any atom is -0.497 e. The molecular formula is C33H36F3N5O6. The van der Waals surface area contributed by atoms with Gasteiger partial charge < -0.3 is 25.0 Å². The van der Waals surface area contributed by atoms with Crippen molar-refractivity contribution in [1.29, 1.82) is 0 Å². The summed E-state index contributed by atoms with van der Waals surface area (Å²) in [6.07, 6.45) is -5.29. The zero-order valence-electron chi connectivity index (χ0n) is 26.3. The maximum Gasteiger partial charge on any atom is 0.416 e. The number of nitrogens with zero attached hydrogens (tertiary/aromatic N) is 1. The number of benzene rings is 3. The first-order chi connectivity index (χ1) is 22.1. The Bertz CT molecular complexity index is 1610. The number of rotatable bonds is 9. The van der Waals surface area contributed by atoms with Crippen LogP contribution in [0.2, 0.25) is 0 Å². The van der Waals surface area contributed by atoms with Crippen molar-refractivity contribution in [3.05, 3.63) is 89.5 Å². The SMILES string of the molecule is COc1ccc(CN2CCC(CNC(=O)OC(C)(C)C)(C(=O)NNC(=O)c3ccccc3Nc3ccc(C(F)(F)F)cc3)C2=O)cc1. The number of nitrogens with one attached hydrogen (secondary N) is 4. The van der Waals surface area contributed by atoms with Crippen molar-refractivity contribution in [3.63, 3.8) is 0 Å². The molecule has 1 aliphatic heterocycles. The molecule has 0 aromatic heterocycles. The van der Waals surface area contributed by atoms with Gasteiger partial charge in [0.05, 0.1) is 23.9 Å². The largest absolute Gasteiger partial charge is 0.497 e. The van der Waals surface area contributed by atoms with Crippen molar-refractivity contribution in [2.75, 3.05) is 25.5 Å². The van der Waals surface area contributed by atoms with Crippen LogP contribution in [0.15, 0.2) is 72.8 Å². The third kappa shape index (κ3) is 8.71. The van der Waals surface area contributed by atoms with Gasteiger partial charge in [0, 0.05) is 25.3 Å². The quantitative estimate of drug-likeness (QED) is 0.185. The third-order valence-corrected chi connectivity index (χ3v) is 7.36. The van der Waals surface area contributed by atoms with Gasteiger partial charge in [0.2, 0.25) is 5.91 Å². The molecule has 0 saturated carbocycles. The second kappa shape index (κ2) is 14.0. The number of alkyl carbamates (subject to hydrolysis) is 1. The molecule has 1 atom stereocenters. The highest BCUT2D eigenvalue weighted by molar-refractivity contribution is 6.08. The van der Waals surface area contributed by atoms with Crippen molar-refractivity contribution in [1.82, 2.24) is 21.1 Å². The molecule has 11 nitrogen and oxygen atoms in total. The van der Waals surface area contributed by atoms with Gasteiger partial charge in [0.25, 0.3) is 11.8 Å². The molecule has 4 N–H and O–H groups in total. The number of hydrogen-bond donors (Lipinski definition) is 4. The minimum absolute atomic E-state index is 0.0333. The Kier molecular flexibility index (Phi) is 10.3. The molecule has 0 bridgehead atoms. The highest BCUT2D eigenvalue weighted by Gasteiger charge is 2.53. The van der Waals surface area contributed by atoms with Gasteiger partial charge in [-0.15, -0.1) is 0 Å². The van der Waals surface area contributed by atoms with Crippen LogP contribution in [0.5, 0.6) is 5.75 Å². The molecule has 1 aliphatic rings. The van der Waals surface area contributed by atoms with Gasteiger partial charge in [-0.05, 0) is 81.3 Å². The molecular weight excluding hydrogens is 619 g/mol. The smallest absolute Gasteiger partial charge is 0.416 e. The first kappa shape index (κ1) is 34.6. The summed E-state index contributed by atoms with van der Waals surface area (Å²) in [4.78, 5) is 54.7. The zero-order valence-corrected chi connectivity index (χ0v) is 26.3. The first-order valence-electron chi connectivity index (χ1n) is 14.6. The lowest BCUT2D eigenvalue weighted by Gasteiger charge is -2.28. The minimum atomic E-state index is -4.50. The number of likely N-dealkylation sites (tertiary alicyclic amines) is 1. The number of carbonyl (C=O) groups is 4. The lowest BCUT2D eigenvalue weighted by molar-refractivity contribution is -0.145. The van der Waals surface area contributed by atoms with Crippen molar-refractivity contribution in [2.45, 2.75) is 45.5 Å². The van der Waals surface area contributed by atoms with Gasteiger partial charge >= 0.3 is 12.3 Å². The van der Waals surface area contributed by atoms with E-state index in [-0.39, 0.29) is 30.8 Å². The van der Waals surface area contributed by atoms with E-state index in [0.29, 0.717) is 11.4 Å². The molecule has 250 valence electrons. The molecule has 3 aromatic rings. The van der Waals surface area contributed by atoms with Crippen LogP contribution in [0.3, 0.4) is 0 Å². The molecule has 47 heavy (non-hydrogen) atoms. The van der Waals surface area contributed by atoms with Gasteiger partial charge in [-0.1, -0.05) is 24.3 Å². The van der Waals surface area contributed by atoms with Crippen molar-refractivity contribution in [2.24, 2.45) is 5.41 Å². The maximum absolute atomic E-state index is 13.8. The molecule has 0 spiro atoms. The van der Waals surface area contributed by atoms with Gasteiger partial charge in [-0.2, -0.15) is 13.2 Å². The highest BCUT2D eigenvalue weighted by atomic mass is 19.4. The second-order valence-electron chi connectivity index (χ2n) is 11.9. The fourth-order valence-corrected chi connectivity index (χ4v) is 4.92. The molecule has 4 rings (SSSR count). The Labute approximate surface area is 269 Å². The molecule has 3 aromatic carbocycles. The number of hydrazine groups is 1. The predicted molar refractivity (Wildman–Crippen MR) is 166 cm³/mol. The van der Waals surface area contributed by atoms with Crippen LogP contribution in [0.4, 0.5) is 29.3 Å². The van der Waals surface area contributed by atoms with Crippen molar-refractivity contribution >= 4 is 35.2 Å². The molecule has 4 amide bonds. The highest BCUT2D eigenvalue weighted by Crippen LogP contribution is 2.34. The summed E-state index contributed by atoms with van der Waals surface area (Å²) >= 11 is 0. The van der Waals surface area contributed by atoms with Gasteiger partial charge in [0.1, 0.15) is 16.8 Å². The Hall–Kier alpha value is -5.27. The van der Waals surface area contributed by atoms with E-state index in [4.69, 9.17) is 9.47 Å². The maximum atomic E-state index is 13.8. The fourth-order valence-electron chi connectivity index (χ4n) is 4.92. The number of halogens is 3. The summed E-state index contributed by atoms with van der Waals surface area (Å²) < 4.78 is 49.4. The number of hydrogen-bond acceptors (Lipinski definition) is 7. The topological polar surface area (TPSA) is 138 Å². The van der Waals surface area contributed by atoms with Crippen LogP contribution in [0.25, 0.3) is 0 Å². The van der Waals surface area contributed by atoms with E-state index in [1.54, 1.807) is 57.2 Å². The van der Waals surface area contributed by atoms with Crippen molar-refractivity contribution in [3.8, 4) is 5.75 Å². The van der Waals surface area contributed by atoms with Gasteiger partial charge in [-0.3, -0.25) is 25.2 Å². The Morgan fingerprint density at radius 1 is 0.915 bits per heavy atom. The van der Waals surface area contributed by atoms with Crippen LogP contribution in [-0.4, -0.2) is 54.5 Å². The second-order valence-corrected chi connectivity index (χ2v) is 11.9. The molecule has 0 radical (unpaired) electrons. The van der Waals surface area contributed by atoms with Crippen LogP contribution in [-0.2, 0) is 27.0 Å². The van der Waals surface area contributed by atoms with E-state index in [9.17, 15) is 32.3 Å². The molecule has 1 heterocycles. The van der Waals surface area contributed by atoms with E-state index >= 15 is 0 Å². The summed E-state index contributed by atoms with van der Waals surface area (Å²) in [5.41, 5.74) is 2.64.